The highest BCUT2D eigenvalue weighted by atomic mass is 19.3. The Hall–Kier alpha value is -1.40. The zero-order valence-electron chi connectivity index (χ0n) is 11.5. The van der Waals surface area contributed by atoms with Crippen LogP contribution in [0.1, 0.15) is 40.5 Å². The van der Waals surface area contributed by atoms with E-state index < -0.39 is 35.6 Å². The second-order valence-corrected chi connectivity index (χ2v) is 5.84. The summed E-state index contributed by atoms with van der Waals surface area (Å²) >= 11 is 0. The van der Waals surface area contributed by atoms with Crippen molar-refractivity contribution in [1.29, 1.82) is 0 Å². The van der Waals surface area contributed by atoms with Crippen molar-refractivity contribution in [2.75, 3.05) is 0 Å². The van der Waals surface area contributed by atoms with Gasteiger partial charge in [-0.2, -0.15) is 0 Å². The van der Waals surface area contributed by atoms with E-state index in [-0.39, 0.29) is 12.8 Å². The van der Waals surface area contributed by atoms with Crippen molar-refractivity contribution in [2.45, 2.75) is 64.1 Å². The summed E-state index contributed by atoms with van der Waals surface area (Å²) in [5, 5.41) is 4.80. The average molecular weight is 278 g/mol. The summed E-state index contributed by atoms with van der Waals surface area (Å²) in [5.74, 6) is -3.17. The Bertz CT molecular complexity index is 358. The van der Waals surface area contributed by atoms with Gasteiger partial charge in [0.2, 0.25) is 5.91 Å². The fraction of sp³-hybridized carbons (Fsp3) is 0.833. The summed E-state index contributed by atoms with van der Waals surface area (Å²) < 4.78 is 30.2. The largest absolute Gasteiger partial charge is 0.444 e. The number of carbonyl (C=O) groups is 2. The van der Waals surface area contributed by atoms with Crippen LogP contribution in [0.4, 0.5) is 13.6 Å². The Balaban J connectivity index is 2.31. The SMILES string of the molecule is C[C@@H](NC(=O)OC(C)(C)C)C(=O)NC1CC(F)(F)C1. The standard InChI is InChI=1S/C12H20F2N2O3/c1-7(15-10(18)19-11(2,3)4)9(17)16-8-5-12(13,14)6-8/h7-8H,5-6H2,1-4H3,(H,15,18)(H,16,17)/t7-/m1/s1. The third-order valence-corrected chi connectivity index (χ3v) is 2.56. The van der Waals surface area contributed by atoms with Crippen LogP contribution in [0.2, 0.25) is 0 Å². The molecule has 2 N–H and O–H groups in total. The molecule has 5 nitrogen and oxygen atoms in total. The first kappa shape index (κ1) is 15.7. The van der Waals surface area contributed by atoms with Crippen molar-refractivity contribution in [3.63, 3.8) is 0 Å². The van der Waals surface area contributed by atoms with Gasteiger partial charge >= 0.3 is 6.09 Å². The van der Waals surface area contributed by atoms with Crippen molar-refractivity contribution < 1.29 is 23.1 Å². The molecule has 1 aliphatic rings. The number of carbonyl (C=O) groups excluding carboxylic acids is 2. The summed E-state index contributed by atoms with van der Waals surface area (Å²) in [6, 6.07) is -1.35. The smallest absolute Gasteiger partial charge is 0.408 e. The van der Waals surface area contributed by atoms with E-state index in [2.05, 4.69) is 10.6 Å². The van der Waals surface area contributed by atoms with E-state index in [9.17, 15) is 18.4 Å². The molecule has 1 aliphatic carbocycles. The van der Waals surface area contributed by atoms with Crippen LogP contribution in [0.15, 0.2) is 0 Å². The number of hydrogen-bond donors (Lipinski definition) is 2. The molecule has 0 aromatic rings. The lowest BCUT2D eigenvalue weighted by atomic mass is 9.88. The summed E-state index contributed by atoms with van der Waals surface area (Å²) in [4.78, 5) is 23.0. The minimum atomic E-state index is -2.68. The van der Waals surface area contributed by atoms with Gasteiger partial charge in [0.1, 0.15) is 11.6 Å². The number of halogens is 2. The molecule has 19 heavy (non-hydrogen) atoms. The molecule has 1 saturated carbocycles. The number of alkyl carbamates (subject to hydrolysis) is 1. The fourth-order valence-corrected chi connectivity index (χ4v) is 1.64. The van der Waals surface area contributed by atoms with Gasteiger partial charge < -0.3 is 15.4 Å². The van der Waals surface area contributed by atoms with E-state index in [0.29, 0.717) is 0 Å². The van der Waals surface area contributed by atoms with Gasteiger partial charge in [0, 0.05) is 18.9 Å². The van der Waals surface area contributed by atoms with Crippen molar-refractivity contribution in [3.05, 3.63) is 0 Å². The first-order valence-electron chi connectivity index (χ1n) is 6.16. The molecule has 0 spiro atoms. The third kappa shape index (κ3) is 5.40. The molecule has 0 heterocycles. The normalized spacial score (nSPS) is 20.1. The molecule has 0 aromatic carbocycles. The van der Waals surface area contributed by atoms with Gasteiger partial charge in [-0.15, -0.1) is 0 Å². The van der Waals surface area contributed by atoms with Crippen molar-refractivity contribution in [2.24, 2.45) is 0 Å². The predicted molar refractivity (Wildman–Crippen MR) is 64.9 cm³/mol. The van der Waals surface area contributed by atoms with E-state index in [4.69, 9.17) is 4.74 Å². The third-order valence-electron chi connectivity index (χ3n) is 2.56. The minimum Gasteiger partial charge on any atom is -0.444 e. The topological polar surface area (TPSA) is 67.4 Å². The van der Waals surface area contributed by atoms with Crippen molar-refractivity contribution in [3.8, 4) is 0 Å². The Morgan fingerprint density at radius 3 is 2.26 bits per heavy atom. The number of ether oxygens (including phenoxy) is 1. The molecule has 0 radical (unpaired) electrons. The summed E-state index contributed by atoms with van der Waals surface area (Å²) in [5.41, 5.74) is -0.656. The maximum atomic E-state index is 12.6. The van der Waals surface area contributed by atoms with Crippen molar-refractivity contribution >= 4 is 12.0 Å². The lowest BCUT2D eigenvalue weighted by Gasteiger charge is -2.35. The van der Waals surface area contributed by atoms with Gasteiger partial charge in [0.15, 0.2) is 0 Å². The minimum absolute atomic E-state index is 0.349. The number of rotatable bonds is 3. The van der Waals surface area contributed by atoms with Gasteiger partial charge in [0.25, 0.3) is 5.92 Å². The lowest BCUT2D eigenvalue weighted by molar-refractivity contribution is -0.130. The molecular weight excluding hydrogens is 258 g/mol. The zero-order valence-corrected chi connectivity index (χ0v) is 11.5. The highest BCUT2D eigenvalue weighted by Gasteiger charge is 2.46. The Labute approximate surface area is 111 Å². The van der Waals surface area contributed by atoms with Crippen LogP contribution in [-0.2, 0) is 9.53 Å². The molecule has 0 aromatic heterocycles. The molecule has 7 heteroatoms. The first-order chi connectivity index (χ1) is 8.48. The molecular formula is C12H20F2N2O3. The number of nitrogens with one attached hydrogen (secondary N) is 2. The predicted octanol–water partition coefficient (Wildman–Crippen LogP) is 1.81. The molecule has 0 unspecified atom stereocenters. The average Bonchev–Trinajstić information content (AvgIpc) is 2.10. The van der Waals surface area contributed by atoms with Gasteiger partial charge in [-0.25, -0.2) is 13.6 Å². The highest BCUT2D eigenvalue weighted by molar-refractivity contribution is 5.85. The van der Waals surface area contributed by atoms with E-state index in [1.807, 2.05) is 0 Å². The van der Waals surface area contributed by atoms with Crippen LogP contribution in [-0.4, -0.2) is 35.6 Å². The molecule has 1 rings (SSSR count). The van der Waals surface area contributed by atoms with Gasteiger partial charge in [-0.1, -0.05) is 0 Å². The quantitative estimate of drug-likeness (QED) is 0.827. The van der Waals surface area contributed by atoms with Crippen LogP contribution < -0.4 is 10.6 Å². The number of alkyl halides is 2. The Kier molecular flexibility index (Phi) is 4.37. The van der Waals surface area contributed by atoms with Gasteiger partial charge in [0.05, 0.1) is 0 Å². The highest BCUT2D eigenvalue weighted by Crippen LogP contribution is 2.37. The molecule has 110 valence electrons. The van der Waals surface area contributed by atoms with Crippen LogP contribution in [0.5, 0.6) is 0 Å². The fourth-order valence-electron chi connectivity index (χ4n) is 1.64. The second-order valence-electron chi connectivity index (χ2n) is 5.84. The van der Waals surface area contributed by atoms with Gasteiger partial charge in [-0.05, 0) is 27.7 Å². The van der Waals surface area contributed by atoms with E-state index in [1.54, 1.807) is 20.8 Å². The molecule has 1 fully saturated rings. The molecule has 1 atom stereocenters. The maximum absolute atomic E-state index is 12.6. The molecule has 0 saturated heterocycles. The monoisotopic (exact) mass is 278 g/mol. The first-order valence-corrected chi connectivity index (χ1v) is 6.16. The van der Waals surface area contributed by atoms with Gasteiger partial charge in [-0.3, -0.25) is 4.79 Å². The summed E-state index contributed by atoms with van der Waals surface area (Å²) in [7, 11) is 0. The van der Waals surface area contributed by atoms with E-state index >= 15 is 0 Å². The van der Waals surface area contributed by atoms with Crippen LogP contribution >= 0.6 is 0 Å². The van der Waals surface area contributed by atoms with E-state index in [0.717, 1.165) is 0 Å². The Morgan fingerprint density at radius 1 is 1.32 bits per heavy atom. The van der Waals surface area contributed by atoms with E-state index in [1.165, 1.54) is 6.92 Å². The lowest BCUT2D eigenvalue weighted by Crippen LogP contribution is -2.55. The second kappa shape index (κ2) is 5.30. The van der Waals surface area contributed by atoms with Crippen LogP contribution in [0.3, 0.4) is 0 Å². The maximum Gasteiger partial charge on any atom is 0.408 e. The Morgan fingerprint density at radius 2 is 1.84 bits per heavy atom. The molecule has 0 bridgehead atoms. The molecule has 0 aliphatic heterocycles. The molecule has 2 amide bonds. The van der Waals surface area contributed by atoms with Crippen LogP contribution in [0, 0.1) is 0 Å². The van der Waals surface area contributed by atoms with Crippen LogP contribution in [0.25, 0.3) is 0 Å². The van der Waals surface area contributed by atoms with Crippen molar-refractivity contribution in [1.82, 2.24) is 10.6 Å². The zero-order chi connectivity index (χ0) is 14.8. The summed E-state index contributed by atoms with van der Waals surface area (Å²) in [6.45, 7) is 6.57. The number of amides is 2. The summed E-state index contributed by atoms with van der Waals surface area (Å²) in [6.07, 6.45) is -1.41. The number of hydrogen-bond acceptors (Lipinski definition) is 3.